The molecule has 9 heteroatoms. The molecule has 0 spiro atoms. The Morgan fingerprint density at radius 2 is 2.00 bits per heavy atom. The van der Waals surface area contributed by atoms with E-state index in [4.69, 9.17) is 21.1 Å². The molecule has 2 aromatic rings. The van der Waals surface area contributed by atoms with Gasteiger partial charge in [0.05, 0.1) is 0 Å². The third-order valence-electron chi connectivity index (χ3n) is 4.55. The van der Waals surface area contributed by atoms with E-state index in [9.17, 15) is 4.39 Å². The molecule has 0 unspecified atom stereocenters. The van der Waals surface area contributed by atoms with E-state index in [1.165, 1.54) is 6.07 Å². The Kier molecular flexibility index (Phi) is 9.06. The van der Waals surface area contributed by atoms with Gasteiger partial charge in [-0.25, -0.2) is 9.37 Å². The van der Waals surface area contributed by atoms with Crippen molar-refractivity contribution in [3.05, 3.63) is 52.7 Å². The molecule has 152 valence electrons. The summed E-state index contributed by atoms with van der Waals surface area (Å²) in [4.78, 5) is 23.4. The second-order valence-corrected chi connectivity index (χ2v) is 6.65. The second kappa shape index (κ2) is 11.5. The lowest BCUT2D eigenvalue weighted by atomic mass is 9.93. The van der Waals surface area contributed by atoms with Crippen LogP contribution in [-0.4, -0.2) is 41.0 Å². The van der Waals surface area contributed by atoms with Gasteiger partial charge < -0.3 is 14.5 Å². The van der Waals surface area contributed by atoms with Crippen LogP contribution in [0.15, 0.2) is 30.6 Å². The van der Waals surface area contributed by atoms with Gasteiger partial charge in [-0.15, -0.1) is 0 Å². The number of hydrogen-bond acceptors (Lipinski definition) is 7. The summed E-state index contributed by atoms with van der Waals surface area (Å²) >= 11 is 5.78. The standard InChI is InChI=1S/C18H21ClFN3O.CH3NO2/c1-2-23-9-5-13(6-10-23)17-18(22-8-7-21-17)24-12-14-3-4-15(19)11-16(14)20;2-4-1-3/h3-4,7-8,11,13H,2,5-6,9-10,12H2,1H3;1H,2H2. The molecule has 7 nitrogen and oxygen atoms in total. The number of halogens is 2. The molecular weight excluding hydrogens is 387 g/mol. The lowest BCUT2D eigenvalue weighted by Gasteiger charge is -2.30. The molecule has 1 aromatic carbocycles. The summed E-state index contributed by atoms with van der Waals surface area (Å²) in [7, 11) is 0. The fourth-order valence-corrected chi connectivity index (χ4v) is 3.19. The van der Waals surface area contributed by atoms with Gasteiger partial charge in [0.25, 0.3) is 0 Å². The van der Waals surface area contributed by atoms with Crippen molar-refractivity contribution in [1.29, 1.82) is 0 Å². The molecule has 0 atom stereocenters. The van der Waals surface area contributed by atoms with E-state index in [2.05, 4.69) is 32.5 Å². The smallest absolute Gasteiger partial charge is 0.312 e. The number of carbonyl (C=O) groups excluding carboxylic acids is 1. The van der Waals surface area contributed by atoms with E-state index in [0.717, 1.165) is 38.2 Å². The van der Waals surface area contributed by atoms with Gasteiger partial charge in [-0.05, 0) is 44.6 Å². The van der Waals surface area contributed by atoms with E-state index < -0.39 is 0 Å². The predicted molar refractivity (Wildman–Crippen MR) is 103 cm³/mol. The number of piperidine rings is 1. The van der Waals surface area contributed by atoms with Crippen molar-refractivity contribution in [1.82, 2.24) is 14.9 Å². The Morgan fingerprint density at radius 3 is 2.61 bits per heavy atom. The lowest BCUT2D eigenvalue weighted by molar-refractivity contribution is -0.129. The van der Waals surface area contributed by atoms with Crippen LogP contribution in [0, 0.1) is 5.82 Å². The molecule has 1 aromatic heterocycles. The normalized spacial score (nSPS) is 14.7. The molecule has 1 saturated heterocycles. The van der Waals surface area contributed by atoms with Crippen molar-refractivity contribution in [3.63, 3.8) is 0 Å². The number of likely N-dealkylation sites (tertiary alicyclic amines) is 1. The van der Waals surface area contributed by atoms with Crippen molar-refractivity contribution < 1.29 is 18.8 Å². The van der Waals surface area contributed by atoms with Crippen LogP contribution in [0.2, 0.25) is 5.02 Å². The van der Waals surface area contributed by atoms with E-state index >= 15 is 0 Å². The maximum Gasteiger partial charge on any atom is 0.312 e. The minimum absolute atomic E-state index is 0.114. The fourth-order valence-electron chi connectivity index (χ4n) is 3.03. The highest BCUT2D eigenvalue weighted by Crippen LogP contribution is 2.31. The Morgan fingerprint density at radius 1 is 1.32 bits per heavy atom. The first kappa shape index (κ1) is 22.0. The van der Waals surface area contributed by atoms with Gasteiger partial charge in [-0.1, -0.05) is 24.6 Å². The molecule has 1 aliphatic rings. The van der Waals surface area contributed by atoms with Gasteiger partial charge in [0.1, 0.15) is 18.1 Å². The zero-order valence-electron chi connectivity index (χ0n) is 15.7. The largest absolute Gasteiger partial charge is 0.471 e. The van der Waals surface area contributed by atoms with Crippen molar-refractivity contribution in [3.8, 4) is 5.88 Å². The molecule has 2 N–H and O–H groups in total. The molecule has 2 heterocycles. The number of rotatable bonds is 6. The third kappa shape index (κ3) is 6.40. The Balaban J connectivity index is 0.000000640. The second-order valence-electron chi connectivity index (χ2n) is 6.21. The van der Waals surface area contributed by atoms with Gasteiger partial charge in [0.2, 0.25) is 5.88 Å². The molecular formula is C19H24ClFN4O3. The highest BCUT2D eigenvalue weighted by Gasteiger charge is 2.24. The number of nitrogens with two attached hydrogens (primary N) is 1. The topological polar surface area (TPSA) is 90.6 Å². The zero-order chi connectivity index (χ0) is 20.4. The van der Waals surface area contributed by atoms with Crippen molar-refractivity contribution >= 4 is 18.1 Å². The van der Waals surface area contributed by atoms with Gasteiger partial charge >= 0.3 is 6.47 Å². The van der Waals surface area contributed by atoms with E-state index in [1.54, 1.807) is 24.5 Å². The van der Waals surface area contributed by atoms with Gasteiger partial charge in [-0.3, -0.25) is 9.78 Å². The van der Waals surface area contributed by atoms with Gasteiger partial charge in [-0.2, -0.15) is 5.90 Å². The maximum atomic E-state index is 13.9. The number of benzene rings is 1. The van der Waals surface area contributed by atoms with Crippen molar-refractivity contribution in [2.24, 2.45) is 5.90 Å². The molecule has 0 bridgehead atoms. The monoisotopic (exact) mass is 410 g/mol. The first-order chi connectivity index (χ1) is 13.6. The number of ether oxygens (including phenoxy) is 1. The number of carbonyl (C=O) groups is 1. The Labute approximate surface area is 168 Å². The molecule has 3 rings (SSSR count). The first-order valence-corrected chi connectivity index (χ1v) is 9.36. The van der Waals surface area contributed by atoms with E-state index in [1.807, 2.05) is 0 Å². The van der Waals surface area contributed by atoms with Crippen molar-refractivity contribution in [2.75, 3.05) is 19.6 Å². The maximum absolute atomic E-state index is 13.9. The van der Waals surface area contributed by atoms with Crippen LogP contribution in [-0.2, 0) is 16.2 Å². The van der Waals surface area contributed by atoms with E-state index in [-0.39, 0.29) is 18.9 Å². The molecule has 0 amide bonds. The van der Waals surface area contributed by atoms with Crippen LogP contribution >= 0.6 is 11.6 Å². The summed E-state index contributed by atoms with van der Waals surface area (Å²) in [5, 5.41) is 0.374. The lowest BCUT2D eigenvalue weighted by Crippen LogP contribution is -2.33. The molecule has 0 saturated carbocycles. The minimum atomic E-state index is -0.371. The molecule has 1 aliphatic heterocycles. The number of hydrogen-bond donors (Lipinski definition) is 1. The number of nitrogens with zero attached hydrogens (tertiary/aromatic N) is 3. The summed E-state index contributed by atoms with van der Waals surface area (Å²) < 4.78 is 19.7. The van der Waals surface area contributed by atoms with Crippen LogP contribution in [0.5, 0.6) is 5.88 Å². The van der Waals surface area contributed by atoms with Crippen LogP contribution in [0.3, 0.4) is 0 Å². The predicted octanol–water partition coefficient (Wildman–Crippen LogP) is 3.08. The average molecular weight is 411 g/mol. The summed E-state index contributed by atoms with van der Waals surface area (Å²) in [6.45, 7) is 5.64. The summed E-state index contributed by atoms with van der Waals surface area (Å²) in [6, 6.07) is 4.58. The van der Waals surface area contributed by atoms with Crippen molar-refractivity contribution in [2.45, 2.75) is 32.3 Å². The highest BCUT2D eigenvalue weighted by atomic mass is 35.5. The molecule has 28 heavy (non-hydrogen) atoms. The fraction of sp³-hybridized carbons (Fsp3) is 0.421. The molecule has 0 aliphatic carbocycles. The van der Waals surface area contributed by atoms with Gasteiger partial charge in [0.15, 0.2) is 0 Å². The highest BCUT2D eigenvalue weighted by molar-refractivity contribution is 6.30. The minimum Gasteiger partial charge on any atom is -0.471 e. The molecule has 0 radical (unpaired) electrons. The Hall–Kier alpha value is -2.29. The summed E-state index contributed by atoms with van der Waals surface area (Å²) in [6.07, 6.45) is 5.38. The quantitative estimate of drug-likeness (QED) is 0.578. The van der Waals surface area contributed by atoms with Gasteiger partial charge in [0, 0.05) is 28.9 Å². The SMILES string of the molecule is CCN1CCC(c2nccnc2OCc2ccc(Cl)cc2F)CC1.NOC=O. The van der Waals surface area contributed by atoms with Crippen LogP contribution in [0.25, 0.3) is 0 Å². The summed E-state index contributed by atoms with van der Waals surface area (Å²) in [5.41, 5.74) is 1.33. The summed E-state index contributed by atoms with van der Waals surface area (Å²) in [5.74, 6) is 4.63. The molecule has 1 fully saturated rings. The zero-order valence-corrected chi connectivity index (χ0v) is 16.4. The first-order valence-electron chi connectivity index (χ1n) is 8.98. The number of aromatic nitrogens is 2. The van der Waals surface area contributed by atoms with Crippen LogP contribution in [0.1, 0.15) is 36.9 Å². The Bertz CT molecular complexity index is 758. The average Bonchev–Trinajstić information content (AvgIpc) is 2.73. The third-order valence-corrected chi connectivity index (χ3v) is 4.78. The van der Waals surface area contributed by atoms with Crippen LogP contribution in [0.4, 0.5) is 4.39 Å². The van der Waals surface area contributed by atoms with E-state index in [0.29, 0.717) is 22.4 Å². The van der Waals surface area contributed by atoms with Crippen LogP contribution < -0.4 is 10.6 Å².